The zero-order valence-corrected chi connectivity index (χ0v) is 16.3. The molecule has 3 nitrogen and oxygen atoms in total. The minimum atomic E-state index is -3.66. The van der Waals surface area contributed by atoms with E-state index in [1.807, 2.05) is 0 Å². The lowest BCUT2D eigenvalue weighted by molar-refractivity contribution is 0.213. The van der Waals surface area contributed by atoms with Crippen LogP contribution in [0, 0.1) is 0 Å². The third-order valence-corrected chi connectivity index (χ3v) is 6.18. The van der Waals surface area contributed by atoms with E-state index in [4.69, 9.17) is 78.7 Å². The second-order valence-electron chi connectivity index (χ2n) is 2.59. The van der Waals surface area contributed by atoms with E-state index in [1.165, 1.54) is 0 Å². The molecule has 0 fully saturated rings. The second-order valence-corrected chi connectivity index (χ2v) is 14.2. The monoisotopic (exact) mass is 512 g/mol. The Bertz CT molecular complexity index is 268. The molecule has 0 unspecified atom stereocenters. The fourth-order valence-corrected chi connectivity index (χ4v) is 3.73. The quantitative estimate of drug-likeness (QED) is 0.331. The predicted molar refractivity (Wildman–Crippen MR) is 81.7 cm³/mol. The number of hydrogen-bond donors (Lipinski definition) is 0. The van der Waals surface area contributed by atoms with E-state index < -0.39 is 31.9 Å². The van der Waals surface area contributed by atoms with Crippen molar-refractivity contribution in [3.05, 3.63) is 0 Å². The Hall–Kier alpha value is 2.85. The first-order chi connectivity index (χ1) is 7.36. The number of alkyl halides is 8. The molecule has 17 heavy (non-hydrogen) atoms. The SMILES string of the molecule is O=P(OCC(Cl)(Cl)Cl)(OCC(Cl)(Cl)Cl)C(Br)Br. The van der Waals surface area contributed by atoms with Crippen LogP contribution in [-0.4, -0.2) is 24.3 Å². The molecule has 0 heterocycles. The van der Waals surface area contributed by atoms with Crippen molar-refractivity contribution in [3.8, 4) is 0 Å². The molecule has 12 heteroatoms. The Morgan fingerprint density at radius 1 is 0.941 bits per heavy atom. The summed E-state index contributed by atoms with van der Waals surface area (Å²) < 4.78 is 17.7. The molecule has 0 spiro atoms. The summed E-state index contributed by atoms with van der Waals surface area (Å²) in [4.78, 5) is 0. The van der Waals surface area contributed by atoms with Crippen LogP contribution in [-0.2, 0) is 13.6 Å². The number of halogens is 8. The summed E-state index contributed by atoms with van der Waals surface area (Å²) in [5.74, 6) is 0. The van der Waals surface area contributed by atoms with Crippen LogP contribution in [0.5, 0.6) is 0 Å². The average Bonchev–Trinajstić information content (AvgIpc) is 2.09. The van der Waals surface area contributed by atoms with Crippen LogP contribution >= 0.6 is 109 Å². The topological polar surface area (TPSA) is 35.5 Å². The van der Waals surface area contributed by atoms with Crippen LogP contribution in [0.2, 0.25) is 0 Å². The standard InChI is InChI=1S/C5H5Br2Cl6O3P/c6-3(7)17(14,15-1-4(8,9)10)16-2-5(11,12)13/h3H,1-2H2. The molecule has 0 aliphatic rings. The van der Waals surface area contributed by atoms with Crippen molar-refractivity contribution in [2.75, 3.05) is 13.2 Å². The lowest BCUT2D eigenvalue weighted by Gasteiger charge is -2.23. The van der Waals surface area contributed by atoms with Gasteiger partial charge in [0.2, 0.25) is 7.59 Å². The van der Waals surface area contributed by atoms with Gasteiger partial charge in [-0.25, -0.2) is 0 Å². The molecule has 0 aromatic carbocycles. The number of rotatable bonds is 5. The van der Waals surface area contributed by atoms with E-state index in [9.17, 15) is 4.57 Å². The summed E-state index contributed by atoms with van der Waals surface area (Å²) in [5.41, 5.74) is 0. The van der Waals surface area contributed by atoms with Gasteiger partial charge in [-0.05, 0) is 0 Å². The van der Waals surface area contributed by atoms with Crippen molar-refractivity contribution in [1.29, 1.82) is 0 Å². The molecule has 0 radical (unpaired) electrons. The van der Waals surface area contributed by atoms with Crippen molar-refractivity contribution < 1.29 is 13.6 Å². The lowest BCUT2D eigenvalue weighted by Crippen LogP contribution is -2.17. The maximum atomic E-state index is 12.1. The summed E-state index contributed by atoms with van der Waals surface area (Å²) in [6.45, 7) is -0.884. The van der Waals surface area contributed by atoms with Crippen LogP contribution in [0.1, 0.15) is 0 Å². The fourth-order valence-electron chi connectivity index (χ4n) is 0.476. The van der Waals surface area contributed by atoms with Crippen LogP contribution in [0.3, 0.4) is 0 Å². The maximum absolute atomic E-state index is 12.1. The van der Waals surface area contributed by atoms with E-state index in [0.29, 0.717) is 0 Å². The minimum Gasteiger partial charge on any atom is -0.303 e. The first kappa shape index (κ1) is 19.9. The highest BCUT2D eigenvalue weighted by molar-refractivity contribution is 9.26. The average molecular weight is 517 g/mol. The second kappa shape index (κ2) is 7.74. The van der Waals surface area contributed by atoms with Crippen LogP contribution in [0.15, 0.2) is 0 Å². The van der Waals surface area contributed by atoms with Gasteiger partial charge in [0.25, 0.3) is 0 Å². The smallest absolute Gasteiger partial charge is 0.303 e. The molecular weight excluding hydrogens is 512 g/mol. The molecule has 0 atom stereocenters. The Labute approximate surface area is 145 Å². The zero-order chi connectivity index (χ0) is 13.9. The van der Waals surface area contributed by atoms with Gasteiger partial charge in [-0.2, -0.15) is 0 Å². The highest BCUT2D eigenvalue weighted by Gasteiger charge is 2.38. The molecule has 0 N–H and O–H groups in total. The van der Waals surface area contributed by atoms with Crippen molar-refractivity contribution in [2.45, 2.75) is 11.1 Å². The van der Waals surface area contributed by atoms with E-state index in [0.717, 1.165) is 0 Å². The fraction of sp³-hybridized carbons (Fsp3) is 1.00. The van der Waals surface area contributed by atoms with Crippen LogP contribution < -0.4 is 0 Å². The lowest BCUT2D eigenvalue weighted by atomic mass is 10.9. The molecular formula is C5H5Br2Cl6O3P. The van der Waals surface area contributed by atoms with Gasteiger partial charge < -0.3 is 9.05 Å². The highest BCUT2D eigenvalue weighted by atomic mass is 79.9. The van der Waals surface area contributed by atoms with E-state index in [1.54, 1.807) is 0 Å². The summed E-state index contributed by atoms with van der Waals surface area (Å²) in [7, 11) is -3.66. The first-order valence-corrected chi connectivity index (χ1v) is 9.37. The van der Waals surface area contributed by atoms with Gasteiger partial charge in [0.1, 0.15) is 13.2 Å². The molecule has 0 bridgehead atoms. The summed E-state index contributed by atoms with van der Waals surface area (Å²) in [6.07, 6.45) is 0. The third-order valence-electron chi connectivity index (χ3n) is 1.06. The summed E-state index contributed by atoms with van der Waals surface area (Å²) in [6, 6.07) is 0. The molecule has 0 aliphatic heterocycles. The molecule has 0 aromatic rings. The molecule has 0 aromatic heterocycles. The highest BCUT2D eigenvalue weighted by Crippen LogP contribution is 2.59. The van der Waals surface area contributed by atoms with Crippen LogP contribution in [0.4, 0.5) is 0 Å². The van der Waals surface area contributed by atoms with Crippen LogP contribution in [0.25, 0.3) is 0 Å². The van der Waals surface area contributed by atoms with Gasteiger partial charge in [0.05, 0.1) is 0 Å². The Morgan fingerprint density at radius 3 is 1.41 bits per heavy atom. The first-order valence-electron chi connectivity index (χ1n) is 3.66. The normalized spacial score (nSPS) is 14.4. The molecule has 0 saturated heterocycles. The number of hydrogen-bond acceptors (Lipinski definition) is 3. The molecule has 0 rings (SSSR count). The van der Waals surface area contributed by atoms with E-state index >= 15 is 0 Å². The Kier molecular flexibility index (Phi) is 9.04. The largest absolute Gasteiger partial charge is 0.355 e. The van der Waals surface area contributed by atoms with Crippen molar-refractivity contribution in [1.82, 2.24) is 0 Å². The molecule has 104 valence electrons. The maximum Gasteiger partial charge on any atom is 0.355 e. The van der Waals surface area contributed by atoms with Gasteiger partial charge in [-0.1, -0.05) is 101 Å². The van der Waals surface area contributed by atoms with Gasteiger partial charge in [-0.3, -0.25) is 4.57 Å². The summed E-state index contributed by atoms with van der Waals surface area (Å²) in [5, 5.41) is 0. The zero-order valence-electron chi connectivity index (χ0n) is 7.69. The van der Waals surface area contributed by atoms with Gasteiger partial charge in [0.15, 0.2) is 3.48 Å². The predicted octanol–water partition coefficient (Wildman–Crippen LogP) is 6.03. The van der Waals surface area contributed by atoms with Crippen molar-refractivity contribution >= 4 is 109 Å². The molecule has 0 aliphatic carbocycles. The van der Waals surface area contributed by atoms with Crippen molar-refractivity contribution in [3.63, 3.8) is 0 Å². The minimum absolute atomic E-state index is 0.442. The van der Waals surface area contributed by atoms with Gasteiger partial charge >= 0.3 is 7.60 Å². The Balaban J connectivity index is 4.54. The summed E-state index contributed by atoms with van der Waals surface area (Å²) >= 11 is 38.7. The van der Waals surface area contributed by atoms with Gasteiger partial charge in [0, 0.05) is 0 Å². The molecule has 0 saturated carbocycles. The van der Waals surface area contributed by atoms with Crippen molar-refractivity contribution in [2.24, 2.45) is 0 Å². The van der Waals surface area contributed by atoms with E-state index in [-0.39, 0.29) is 0 Å². The molecule has 0 amide bonds. The van der Waals surface area contributed by atoms with E-state index in [2.05, 4.69) is 31.9 Å². The third kappa shape index (κ3) is 10.3. The van der Waals surface area contributed by atoms with Gasteiger partial charge in [-0.15, -0.1) is 0 Å². The Morgan fingerprint density at radius 2 is 1.24 bits per heavy atom.